The lowest BCUT2D eigenvalue weighted by Crippen LogP contribution is -2.54. The van der Waals surface area contributed by atoms with Gasteiger partial charge in [-0.2, -0.15) is 0 Å². The van der Waals surface area contributed by atoms with Crippen LogP contribution >= 0.6 is 0 Å². The van der Waals surface area contributed by atoms with E-state index in [-0.39, 0.29) is 12.1 Å². The summed E-state index contributed by atoms with van der Waals surface area (Å²) in [6.45, 7) is 14.5. The molecular weight excluding hydrogens is 288 g/mol. The zero-order valence-electron chi connectivity index (χ0n) is 15.3. The van der Waals surface area contributed by atoms with Crippen molar-refractivity contribution in [3.63, 3.8) is 0 Å². The molecule has 23 heavy (non-hydrogen) atoms. The van der Waals surface area contributed by atoms with Gasteiger partial charge >= 0.3 is 6.09 Å². The van der Waals surface area contributed by atoms with E-state index in [1.807, 2.05) is 25.7 Å². The number of rotatable bonds is 2. The molecule has 4 nitrogen and oxygen atoms in total. The maximum absolute atomic E-state index is 12.2. The van der Waals surface area contributed by atoms with Crippen molar-refractivity contribution in [1.82, 2.24) is 4.90 Å². The Hall–Kier alpha value is -1.71. The molecule has 0 N–H and O–H groups in total. The Kier molecular flexibility index (Phi) is 5.23. The molecule has 1 atom stereocenters. The molecule has 0 bridgehead atoms. The van der Waals surface area contributed by atoms with Crippen molar-refractivity contribution >= 4 is 11.8 Å². The van der Waals surface area contributed by atoms with E-state index < -0.39 is 5.60 Å². The Morgan fingerprint density at radius 1 is 1.17 bits per heavy atom. The zero-order valence-corrected chi connectivity index (χ0v) is 15.3. The number of hydrogen-bond donors (Lipinski definition) is 0. The first-order chi connectivity index (χ1) is 10.7. The molecule has 1 unspecified atom stereocenters. The summed E-state index contributed by atoms with van der Waals surface area (Å²) in [6.07, 6.45) is -0.209. The minimum Gasteiger partial charge on any atom is -0.444 e. The van der Waals surface area contributed by atoms with Gasteiger partial charge in [-0.15, -0.1) is 0 Å². The molecule has 1 aromatic carbocycles. The first kappa shape index (κ1) is 17.6. The monoisotopic (exact) mass is 318 g/mol. The minimum absolute atomic E-state index is 0.209. The van der Waals surface area contributed by atoms with Crippen molar-refractivity contribution < 1.29 is 9.53 Å². The highest BCUT2D eigenvalue weighted by Crippen LogP contribution is 2.24. The normalized spacial score (nSPS) is 19.2. The molecule has 2 rings (SSSR count). The Labute approximate surface area is 140 Å². The maximum Gasteiger partial charge on any atom is 0.410 e. The fraction of sp³-hybridized carbons (Fsp3) is 0.632. The molecule has 1 aliphatic rings. The van der Waals surface area contributed by atoms with Crippen LogP contribution in [0.3, 0.4) is 0 Å². The van der Waals surface area contributed by atoms with Crippen molar-refractivity contribution in [3.8, 4) is 0 Å². The summed E-state index contributed by atoms with van der Waals surface area (Å²) < 4.78 is 5.48. The van der Waals surface area contributed by atoms with Gasteiger partial charge in [-0.05, 0) is 51.3 Å². The summed E-state index contributed by atoms with van der Waals surface area (Å²) >= 11 is 0. The van der Waals surface area contributed by atoms with E-state index in [2.05, 4.69) is 49.9 Å². The second-order valence-electron chi connectivity index (χ2n) is 7.72. The number of carbonyl (C=O) groups excluding carboxylic acids is 1. The summed E-state index contributed by atoms with van der Waals surface area (Å²) in [5, 5.41) is 0. The predicted molar refractivity (Wildman–Crippen MR) is 95.1 cm³/mol. The van der Waals surface area contributed by atoms with Crippen LogP contribution in [0.25, 0.3) is 0 Å². The molecular formula is C19H30N2O2. The summed E-state index contributed by atoms with van der Waals surface area (Å²) in [5.41, 5.74) is 2.14. The lowest BCUT2D eigenvalue weighted by atomic mass is 10.0. The molecule has 4 heteroatoms. The SMILES string of the molecule is CC(C)c1ccc(N2CCN(C(=O)OC(C)(C)C)CC2C)cc1. The van der Waals surface area contributed by atoms with E-state index >= 15 is 0 Å². The van der Waals surface area contributed by atoms with Crippen LogP contribution < -0.4 is 4.90 Å². The average molecular weight is 318 g/mol. The quantitative estimate of drug-likeness (QED) is 0.817. The fourth-order valence-corrected chi connectivity index (χ4v) is 2.88. The van der Waals surface area contributed by atoms with Gasteiger partial charge in [0.05, 0.1) is 0 Å². The molecule has 0 saturated carbocycles. The number of nitrogens with zero attached hydrogens (tertiary/aromatic N) is 2. The first-order valence-corrected chi connectivity index (χ1v) is 8.52. The van der Waals surface area contributed by atoms with E-state index in [9.17, 15) is 4.79 Å². The molecule has 0 aromatic heterocycles. The number of anilines is 1. The van der Waals surface area contributed by atoms with Crippen LogP contribution in [0.5, 0.6) is 0 Å². The van der Waals surface area contributed by atoms with Crippen molar-refractivity contribution in [1.29, 1.82) is 0 Å². The largest absolute Gasteiger partial charge is 0.444 e. The number of amides is 1. The molecule has 1 saturated heterocycles. The highest BCUT2D eigenvalue weighted by Gasteiger charge is 2.29. The third kappa shape index (κ3) is 4.63. The van der Waals surface area contributed by atoms with Gasteiger partial charge in [0, 0.05) is 31.4 Å². The second kappa shape index (κ2) is 6.81. The third-order valence-electron chi connectivity index (χ3n) is 4.17. The van der Waals surface area contributed by atoms with Crippen LogP contribution in [0.4, 0.5) is 10.5 Å². The molecule has 1 aromatic rings. The number of benzene rings is 1. The van der Waals surface area contributed by atoms with Gasteiger partial charge in [0.1, 0.15) is 5.60 Å². The highest BCUT2D eigenvalue weighted by atomic mass is 16.6. The van der Waals surface area contributed by atoms with Crippen LogP contribution in [0.2, 0.25) is 0 Å². The number of piperazine rings is 1. The molecule has 0 aliphatic carbocycles. The third-order valence-corrected chi connectivity index (χ3v) is 4.17. The van der Waals surface area contributed by atoms with Crippen LogP contribution in [-0.2, 0) is 4.74 Å². The smallest absolute Gasteiger partial charge is 0.410 e. The van der Waals surface area contributed by atoms with Gasteiger partial charge < -0.3 is 14.5 Å². The van der Waals surface area contributed by atoms with E-state index in [4.69, 9.17) is 4.74 Å². The van der Waals surface area contributed by atoms with Gasteiger partial charge in [-0.3, -0.25) is 0 Å². The van der Waals surface area contributed by atoms with E-state index in [1.165, 1.54) is 11.3 Å². The molecule has 0 spiro atoms. The lowest BCUT2D eigenvalue weighted by Gasteiger charge is -2.41. The van der Waals surface area contributed by atoms with Crippen LogP contribution in [0.1, 0.15) is 53.0 Å². The topological polar surface area (TPSA) is 32.8 Å². The van der Waals surface area contributed by atoms with Crippen molar-refractivity contribution in [2.45, 2.75) is 59.1 Å². The van der Waals surface area contributed by atoms with E-state index in [0.29, 0.717) is 19.0 Å². The van der Waals surface area contributed by atoms with Crippen LogP contribution in [0.15, 0.2) is 24.3 Å². The molecule has 1 aliphatic heterocycles. The summed E-state index contributed by atoms with van der Waals surface area (Å²) in [5.74, 6) is 0.547. The van der Waals surface area contributed by atoms with Crippen LogP contribution in [-0.4, -0.2) is 42.3 Å². The first-order valence-electron chi connectivity index (χ1n) is 8.52. The second-order valence-corrected chi connectivity index (χ2v) is 7.72. The Bertz CT molecular complexity index is 531. The standard InChI is InChI=1S/C19H30N2O2/c1-14(2)16-7-9-17(10-8-16)21-12-11-20(13-15(21)3)18(22)23-19(4,5)6/h7-10,14-15H,11-13H2,1-6H3. The summed E-state index contributed by atoms with van der Waals surface area (Å²) in [7, 11) is 0. The van der Waals surface area contributed by atoms with Gasteiger partial charge in [0.25, 0.3) is 0 Å². The van der Waals surface area contributed by atoms with Crippen molar-refractivity contribution in [2.75, 3.05) is 24.5 Å². The Morgan fingerprint density at radius 3 is 2.26 bits per heavy atom. The van der Waals surface area contributed by atoms with Gasteiger partial charge in [0.15, 0.2) is 0 Å². The lowest BCUT2D eigenvalue weighted by molar-refractivity contribution is 0.0219. The zero-order chi connectivity index (χ0) is 17.2. The van der Waals surface area contributed by atoms with Gasteiger partial charge in [-0.1, -0.05) is 26.0 Å². The number of carbonyl (C=O) groups is 1. The minimum atomic E-state index is -0.440. The molecule has 1 heterocycles. The van der Waals surface area contributed by atoms with Crippen LogP contribution in [0, 0.1) is 0 Å². The van der Waals surface area contributed by atoms with Gasteiger partial charge in [-0.25, -0.2) is 4.79 Å². The summed E-state index contributed by atoms with van der Waals surface area (Å²) in [4.78, 5) is 16.4. The Balaban J connectivity index is 2.00. The van der Waals surface area contributed by atoms with Crippen molar-refractivity contribution in [2.24, 2.45) is 0 Å². The number of ether oxygens (including phenoxy) is 1. The molecule has 0 radical (unpaired) electrons. The Morgan fingerprint density at radius 2 is 1.78 bits per heavy atom. The number of hydrogen-bond acceptors (Lipinski definition) is 3. The van der Waals surface area contributed by atoms with Gasteiger partial charge in [0.2, 0.25) is 0 Å². The van der Waals surface area contributed by atoms with Crippen molar-refractivity contribution in [3.05, 3.63) is 29.8 Å². The fourth-order valence-electron chi connectivity index (χ4n) is 2.88. The molecule has 128 valence electrons. The highest BCUT2D eigenvalue weighted by molar-refractivity contribution is 5.69. The summed E-state index contributed by atoms with van der Waals surface area (Å²) in [6, 6.07) is 9.06. The molecule has 1 amide bonds. The molecule has 1 fully saturated rings. The average Bonchev–Trinajstić information content (AvgIpc) is 2.45. The maximum atomic E-state index is 12.2. The predicted octanol–water partition coefficient (Wildman–Crippen LogP) is 4.26. The van der Waals surface area contributed by atoms with E-state index in [1.54, 1.807) is 0 Å². The van der Waals surface area contributed by atoms with E-state index in [0.717, 1.165) is 6.54 Å².